The lowest BCUT2D eigenvalue weighted by atomic mass is 9.98. The summed E-state index contributed by atoms with van der Waals surface area (Å²) in [5.74, 6) is -1.29. The minimum Gasteiger partial charge on any atom is -0.508 e. The standard InChI is InChI=1S/C31H41N3O7/c1-6-40-26(36)16-17-32-28(37)27(22-12-15-25(35)20(2)18-22)34(23-13-14-23)29(38)24(19-21-10-8-7-9-11-21)33-30(39)41-31(3,4)5/h7-12,15,18,23-24,27,35H,6,13-14,16-17,19H2,1-5H3,(H,32,37)(H,33,39). The van der Waals surface area contributed by atoms with E-state index in [0.29, 0.717) is 24.0 Å². The zero-order valence-corrected chi connectivity index (χ0v) is 24.4. The van der Waals surface area contributed by atoms with E-state index in [-0.39, 0.29) is 37.8 Å². The highest BCUT2D eigenvalue weighted by molar-refractivity contribution is 5.93. The van der Waals surface area contributed by atoms with Crippen molar-refractivity contribution in [3.8, 4) is 5.75 Å². The molecule has 10 heteroatoms. The van der Waals surface area contributed by atoms with Gasteiger partial charge in [-0.1, -0.05) is 36.4 Å². The number of phenolic OH excluding ortho intramolecular Hbond substituents is 1. The van der Waals surface area contributed by atoms with Crippen molar-refractivity contribution in [2.24, 2.45) is 0 Å². The average Bonchev–Trinajstić information content (AvgIpc) is 3.73. The maximum atomic E-state index is 14.3. The molecule has 10 nitrogen and oxygen atoms in total. The third-order valence-corrected chi connectivity index (χ3v) is 6.46. The number of nitrogens with one attached hydrogen (secondary N) is 2. The number of phenols is 1. The minimum absolute atomic E-state index is 0.0187. The highest BCUT2D eigenvalue weighted by Gasteiger charge is 2.44. The Morgan fingerprint density at radius 3 is 2.34 bits per heavy atom. The first-order valence-electron chi connectivity index (χ1n) is 14.0. The van der Waals surface area contributed by atoms with Gasteiger partial charge in [-0.3, -0.25) is 14.4 Å². The van der Waals surface area contributed by atoms with E-state index < -0.39 is 41.6 Å². The molecule has 2 aromatic carbocycles. The van der Waals surface area contributed by atoms with Crippen LogP contribution in [0.15, 0.2) is 48.5 Å². The van der Waals surface area contributed by atoms with Gasteiger partial charge >= 0.3 is 12.1 Å². The largest absolute Gasteiger partial charge is 0.508 e. The molecule has 1 aliphatic carbocycles. The maximum Gasteiger partial charge on any atom is 0.408 e. The van der Waals surface area contributed by atoms with Gasteiger partial charge in [0.15, 0.2) is 0 Å². The number of amides is 3. The number of rotatable bonds is 12. The lowest BCUT2D eigenvalue weighted by Gasteiger charge is -2.35. The molecule has 222 valence electrons. The molecule has 0 saturated heterocycles. The van der Waals surface area contributed by atoms with Gasteiger partial charge in [0.05, 0.1) is 13.0 Å². The van der Waals surface area contributed by atoms with E-state index in [0.717, 1.165) is 5.56 Å². The highest BCUT2D eigenvalue weighted by Crippen LogP contribution is 2.37. The van der Waals surface area contributed by atoms with Gasteiger partial charge in [0, 0.05) is 19.0 Å². The Hall–Kier alpha value is -4.08. The zero-order chi connectivity index (χ0) is 30.2. The first-order chi connectivity index (χ1) is 19.4. The van der Waals surface area contributed by atoms with Crippen LogP contribution in [0.4, 0.5) is 4.79 Å². The van der Waals surface area contributed by atoms with Crippen LogP contribution in [0.25, 0.3) is 0 Å². The molecule has 1 fully saturated rings. The highest BCUT2D eigenvalue weighted by atomic mass is 16.6. The van der Waals surface area contributed by atoms with E-state index in [1.54, 1.807) is 46.8 Å². The first-order valence-corrected chi connectivity index (χ1v) is 14.0. The number of esters is 1. The monoisotopic (exact) mass is 567 g/mol. The van der Waals surface area contributed by atoms with E-state index in [4.69, 9.17) is 9.47 Å². The molecule has 1 saturated carbocycles. The predicted octanol–water partition coefficient (Wildman–Crippen LogP) is 3.94. The summed E-state index contributed by atoms with van der Waals surface area (Å²) >= 11 is 0. The third-order valence-electron chi connectivity index (χ3n) is 6.46. The summed E-state index contributed by atoms with van der Waals surface area (Å²) in [4.78, 5) is 54.2. The quantitative estimate of drug-likeness (QED) is 0.331. The molecule has 1 aliphatic rings. The van der Waals surface area contributed by atoms with E-state index in [1.165, 1.54) is 11.0 Å². The van der Waals surface area contributed by atoms with Gasteiger partial charge in [0.1, 0.15) is 23.4 Å². The molecule has 0 radical (unpaired) electrons. The number of carbonyl (C=O) groups excluding carboxylic acids is 4. The van der Waals surface area contributed by atoms with Crippen LogP contribution >= 0.6 is 0 Å². The van der Waals surface area contributed by atoms with Crippen LogP contribution in [0.3, 0.4) is 0 Å². The summed E-state index contributed by atoms with van der Waals surface area (Å²) in [7, 11) is 0. The van der Waals surface area contributed by atoms with Crippen LogP contribution in [0.2, 0.25) is 0 Å². The second-order valence-electron chi connectivity index (χ2n) is 11.2. The number of nitrogens with zero attached hydrogens (tertiary/aromatic N) is 1. The molecule has 3 rings (SSSR count). The summed E-state index contributed by atoms with van der Waals surface area (Å²) in [6.45, 7) is 8.89. The molecular weight excluding hydrogens is 526 g/mol. The van der Waals surface area contributed by atoms with Crippen molar-refractivity contribution in [3.63, 3.8) is 0 Å². The van der Waals surface area contributed by atoms with Crippen molar-refractivity contribution >= 4 is 23.9 Å². The van der Waals surface area contributed by atoms with E-state index in [2.05, 4.69) is 10.6 Å². The Morgan fingerprint density at radius 1 is 1.07 bits per heavy atom. The van der Waals surface area contributed by atoms with Crippen LogP contribution < -0.4 is 10.6 Å². The van der Waals surface area contributed by atoms with E-state index in [9.17, 15) is 24.3 Å². The molecule has 41 heavy (non-hydrogen) atoms. The van der Waals surface area contributed by atoms with Gasteiger partial charge in [-0.05, 0) is 76.3 Å². The summed E-state index contributed by atoms with van der Waals surface area (Å²) in [5.41, 5.74) is 1.10. The van der Waals surface area contributed by atoms with Gasteiger partial charge in [0.2, 0.25) is 11.8 Å². The first kappa shape index (κ1) is 31.4. The number of carbonyl (C=O) groups is 4. The second kappa shape index (κ2) is 14.0. The van der Waals surface area contributed by atoms with Crippen molar-refractivity contribution in [1.29, 1.82) is 0 Å². The fourth-order valence-corrected chi connectivity index (χ4v) is 4.45. The number of benzene rings is 2. The van der Waals surface area contributed by atoms with Crippen molar-refractivity contribution < 1.29 is 33.8 Å². The Labute approximate surface area is 241 Å². The third kappa shape index (κ3) is 9.51. The molecule has 3 N–H and O–H groups in total. The van der Waals surface area contributed by atoms with Crippen LogP contribution in [0.1, 0.15) is 69.7 Å². The van der Waals surface area contributed by atoms with Crippen molar-refractivity contribution in [2.75, 3.05) is 13.2 Å². The Kier molecular flexibility index (Phi) is 10.7. The molecule has 2 aromatic rings. The molecule has 0 heterocycles. The number of hydrogen-bond acceptors (Lipinski definition) is 7. The smallest absolute Gasteiger partial charge is 0.408 e. The Balaban J connectivity index is 1.97. The lowest BCUT2D eigenvalue weighted by Crippen LogP contribution is -2.54. The SMILES string of the molecule is CCOC(=O)CCNC(=O)C(c1ccc(O)c(C)c1)N(C(=O)C(Cc1ccccc1)NC(=O)OC(C)(C)C)C1CC1. The summed E-state index contributed by atoms with van der Waals surface area (Å²) < 4.78 is 10.4. The van der Waals surface area contributed by atoms with Crippen molar-refractivity contribution in [2.45, 2.75) is 84.0 Å². The Bertz CT molecular complexity index is 1220. The molecule has 3 amide bonds. The second-order valence-corrected chi connectivity index (χ2v) is 11.2. The predicted molar refractivity (Wildman–Crippen MR) is 153 cm³/mol. The number of ether oxygens (including phenoxy) is 2. The fourth-order valence-electron chi connectivity index (χ4n) is 4.45. The van der Waals surface area contributed by atoms with Gasteiger partial charge in [-0.15, -0.1) is 0 Å². The van der Waals surface area contributed by atoms with Crippen LogP contribution in [-0.4, -0.2) is 64.7 Å². The molecule has 0 bridgehead atoms. The minimum atomic E-state index is -1.06. The molecular formula is C31H41N3O7. The van der Waals surface area contributed by atoms with Gasteiger partial charge < -0.3 is 30.1 Å². The van der Waals surface area contributed by atoms with Gasteiger partial charge in [-0.2, -0.15) is 0 Å². The van der Waals surface area contributed by atoms with Crippen LogP contribution in [0, 0.1) is 6.92 Å². The van der Waals surface area contributed by atoms with E-state index >= 15 is 0 Å². The van der Waals surface area contributed by atoms with Gasteiger partial charge in [-0.25, -0.2) is 4.79 Å². The molecule has 0 aromatic heterocycles. The average molecular weight is 568 g/mol. The topological polar surface area (TPSA) is 134 Å². The van der Waals surface area contributed by atoms with E-state index in [1.807, 2.05) is 30.3 Å². The summed E-state index contributed by atoms with van der Waals surface area (Å²) in [6, 6.07) is 11.7. The number of aryl methyl sites for hydroxylation is 1. The summed E-state index contributed by atoms with van der Waals surface area (Å²) in [6.07, 6.45) is 0.821. The Morgan fingerprint density at radius 2 is 1.76 bits per heavy atom. The van der Waals surface area contributed by atoms with Crippen LogP contribution in [0.5, 0.6) is 5.75 Å². The molecule has 0 aliphatic heterocycles. The normalized spacial score (nSPS) is 14.4. The zero-order valence-electron chi connectivity index (χ0n) is 24.4. The van der Waals surface area contributed by atoms with Gasteiger partial charge in [0.25, 0.3) is 0 Å². The lowest BCUT2D eigenvalue weighted by molar-refractivity contribution is -0.144. The molecule has 2 atom stereocenters. The van der Waals surface area contributed by atoms with Crippen molar-refractivity contribution in [3.05, 3.63) is 65.2 Å². The van der Waals surface area contributed by atoms with Crippen LogP contribution in [-0.2, 0) is 30.3 Å². The maximum absolute atomic E-state index is 14.3. The summed E-state index contributed by atoms with van der Waals surface area (Å²) in [5, 5.41) is 15.6. The number of aromatic hydroxyl groups is 1. The van der Waals surface area contributed by atoms with Crippen molar-refractivity contribution in [1.82, 2.24) is 15.5 Å². The number of hydrogen-bond donors (Lipinski definition) is 3. The molecule has 0 spiro atoms. The fraction of sp³-hybridized carbons (Fsp3) is 0.484. The number of alkyl carbamates (subject to hydrolysis) is 1. The molecule has 2 unspecified atom stereocenters.